The molecular formula is C10H22N2OS. The Bertz CT molecular complexity index is 201. The third-order valence-corrected chi connectivity index (χ3v) is 3.94. The molecule has 0 aromatic heterocycles. The summed E-state index contributed by atoms with van der Waals surface area (Å²) in [7, 11) is -0.576. The topological polar surface area (TPSA) is 46.3 Å². The van der Waals surface area contributed by atoms with Crippen molar-refractivity contribution in [3.63, 3.8) is 0 Å². The van der Waals surface area contributed by atoms with Gasteiger partial charge in [0.1, 0.15) is 0 Å². The summed E-state index contributed by atoms with van der Waals surface area (Å²) in [6.45, 7) is 7.22. The average molecular weight is 218 g/mol. The smallest absolute Gasteiger partial charge is 0.0362 e. The molecular weight excluding hydrogens is 196 g/mol. The highest BCUT2D eigenvalue weighted by atomic mass is 32.2. The second-order valence-electron chi connectivity index (χ2n) is 4.78. The molecule has 0 aromatic rings. The standard InChI is InChI=1S/C10H22N2OS/c1-10(2,11)4-6-12-5-3-8-14(13)9-7-12/h3-9,11H2,1-2H3. The van der Waals surface area contributed by atoms with E-state index in [9.17, 15) is 4.21 Å². The largest absolute Gasteiger partial charge is 0.326 e. The van der Waals surface area contributed by atoms with Crippen molar-refractivity contribution in [3.05, 3.63) is 0 Å². The van der Waals surface area contributed by atoms with E-state index in [1.165, 1.54) is 0 Å². The van der Waals surface area contributed by atoms with Crippen LogP contribution < -0.4 is 5.73 Å². The number of rotatable bonds is 3. The lowest BCUT2D eigenvalue weighted by Gasteiger charge is -2.25. The minimum absolute atomic E-state index is 0.0779. The summed E-state index contributed by atoms with van der Waals surface area (Å²) in [6, 6.07) is 0. The number of nitrogens with zero attached hydrogens (tertiary/aromatic N) is 1. The molecule has 0 saturated carbocycles. The first-order chi connectivity index (χ1) is 6.47. The molecule has 0 radical (unpaired) electrons. The van der Waals surface area contributed by atoms with Crippen molar-refractivity contribution in [1.29, 1.82) is 0 Å². The van der Waals surface area contributed by atoms with Gasteiger partial charge in [-0.2, -0.15) is 0 Å². The van der Waals surface area contributed by atoms with Crippen LogP contribution in [0.1, 0.15) is 26.7 Å². The van der Waals surface area contributed by atoms with Gasteiger partial charge in [0.2, 0.25) is 0 Å². The van der Waals surface area contributed by atoms with Crippen molar-refractivity contribution in [1.82, 2.24) is 4.90 Å². The first-order valence-corrected chi connectivity index (χ1v) is 6.82. The lowest BCUT2D eigenvalue weighted by atomic mass is 10.0. The monoisotopic (exact) mass is 218 g/mol. The van der Waals surface area contributed by atoms with Gasteiger partial charge in [0.05, 0.1) is 0 Å². The summed E-state index contributed by atoms with van der Waals surface area (Å²) >= 11 is 0. The Morgan fingerprint density at radius 1 is 1.36 bits per heavy atom. The Labute approximate surface area is 89.5 Å². The third-order valence-electron chi connectivity index (χ3n) is 2.55. The van der Waals surface area contributed by atoms with Crippen LogP contribution in [0.3, 0.4) is 0 Å². The zero-order chi connectivity index (χ0) is 10.6. The van der Waals surface area contributed by atoms with Crippen LogP contribution in [0, 0.1) is 0 Å². The SMILES string of the molecule is CC(C)(N)CCN1CCCS(=O)CC1. The molecule has 3 nitrogen and oxygen atoms in total. The fourth-order valence-electron chi connectivity index (χ4n) is 1.56. The Kier molecular flexibility index (Phi) is 4.54. The van der Waals surface area contributed by atoms with E-state index >= 15 is 0 Å². The van der Waals surface area contributed by atoms with Crippen molar-refractivity contribution in [2.45, 2.75) is 32.2 Å². The van der Waals surface area contributed by atoms with Crippen molar-refractivity contribution in [3.8, 4) is 0 Å². The predicted octanol–water partition coefficient (Wildman–Crippen LogP) is 0.568. The summed E-state index contributed by atoms with van der Waals surface area (Å²) in [5.74, 6) is 1.72. The van der Waals surface area contributed by atoms with E-state index in [2.05, 4.69) is 18.7 Å². The van der Waals surface area contributed by atoms with Gasteiger partial charge in [-0.25, -0.2) is 0 Å². The molecule has 1 rings (SSSR count). The van der Waals surface area contributed by atoms with Crippen LogP contribution in [0.15, 0.2) is 0 Å². The van der Waals surface area contributed by atoms with Crippen LogP contribution in [0.4, 0.5) is 0 Å². The van der Waals surface area contributed by atoms with Crippen LogP contribution in [-0.2, 0) is 10.8 Å². The molecule has 0 spiro atoms. The zero-order valence-corrected chi connectivity index (χ0v) is 10.1. The van der Waals surface area contributed by atoms with Gasteiger partial charge in [-0.05, 0) is 39.8 Å². The molecule has 1 atom stereocenters. The molecule has 84 valence electrons. The van der Waals surface area contributed by atoms with E-state index in [4.69, 9.17) is 5.73 Å². The van der Waals surface area contributed by atoms with Crippen molar-refractivity contribution in [2.75, 3.05) is 31.1 Å². The minimum atomic E-state index is -0.576. The van der Waals surface area contributed by atoms with Gasteiger partial charge in [0.15, 0.2) is 0 Å². The van der Waals surface area contributed by atoms with Crippen LogP contribution in [-0.4, -0.2) is 45.8 Å². The molecule has 1 heterocycles. The van der Waals surface area contributed by atoms with Crippen LogP contribution >= 0.6 is 0 Å². The van der Waals surface area contributed by atoms with E-state index in [-0.39, 0.29) is 5.54 Å². The molecule has 14 heavy (non-hydrogen) atoms. The van der Waals surface area contributed by atoms with E-state index < -0.39 is 10.8 Å². The van der Waals surface area contributed by atoms with E-state index in [1.54, 1.807) is 0 Å². The van der Waals surface area contributed by atoms with Gasteiger partial charge in [-0.1, -0.05) is 0 Å². The molecule has 0 aromatic carbocycles. The number of hydrogen-bond acceptors (Lipinski definition) is 3. The van der Waals surface area contributed by atoms with Gasteiger partial charge < -0.3 is 10.6 Å². The molecule has 1 unspecified atom stereocenters. The lowest BCUT2D eigenvalue weighted by Crippen LogP contribution is -2.38. The predicted molar refractivity (Wildman–Crippen MR) is 61.8 cm³/mol. The average Bonchev–Trinajstić information content (AvgIpc) is 2.25. The Morgan fingerprint density at radius 2 is 2.07 bits per heavy atom. The molecule has 4 heteroatoms. The van der Waals surface area contributed by atoms with Crippen molar-refractivity contribution in [2.24, 2.45) is 5.73 Å². The molecule has 0 bridgehead atoms. The highest BCUT2D eigenvalue weighted by molar-refractivity contribution is 7.85. The van der Waals surface area contributed by atoms with Gasteiger partial charge in [0.25, 0.3) is 0 Å². The van der Waals surface area contributed by atoms with Gasteiger partial charge >= 0.3 is 0 Å². The van der Waals surface area contributed by atoms with Gasteiger partial charge in [0, 0.05) is 34.4 Å². The van der Waals surface area contributed by atoms with Crippen molar-refractivity contribution >= 4 is 10.8 Å². The van der Waals surface area contributed by atoms with Crippen LogP contribution in [0.5, 0.6) is 0 Å². The molecule has 1 aliphatic rings. The Balaban J connectivity index is 2.27. The molecule has 1 aliphatic heterocycles. The maximum atomic E-state index is 11.3. The lowest BCUT2D eigenvalue weighted by molar-refractivity contribution is 0.265. The Morgan fingerprint density at radius 3 is 2.71 bits per heavy atom. The quantitative estimate of drug-likeness (QED) is 0.753. The molecule has 0 aliphatic carbocycles. The zero-order valence-electron chi connectivity index (χ0n) is 9.29. The second-order valence-corrected chi connectivity index (χ2v) is 6.48. The first kappa shape index (κ1) is 12.1. The number of hydrogen-bond donors (Lipinski definition) is 1. The summed E-state index contributed by atoms with van der Waals surface area (Å²) < 4.78 is 11.3. The van der Waals surface area contributed by atoms with E-state index in [0.29, 0.717) is 0 Å². The Hall–Kier alpha value is 0.0700. The summed E-state index contributed by atoms with van der Waals surface area (Å²) in [4.78, 5) is 2.39. The van der Waals surface area contributed by atoms with Gasteiger partial charge in [-0.3, -0.25) is 4.21 Å². The normalized spacial score (nSPS) is 26.1. The van der Waals surface area contributed by atoms with E-state index in [0.717, 1.165) is 44.0 Å². The highest BCUT2D eigenvalue weighted by Crippen LogP contribution is 2.08. The summed E-state index contributed by atoms with van der Waals surface area (Å²) in [6.07, 6.45) is 2.08. The third kappa shape index (κ3) is 5.08. The molecule has 1 saturated heterocycles. The van der Waals surface area contributed by atoms with E-state index in [1.807, 2.05) is 0 Å². The highest BCUT2D eigenvalue weighted by Gasteiger charge is 2.16. The minimum Gasteiger partial charge on any atom is -0.326 e. The second kappa shape index (κ2) is 5.24. The fraction of sp³-hybridized carbons (Fsp3) is 1.00. The first-order valence-electron chi connectivity index (χ1n) is 5.33. The summed E-state index contributed by atoms with van der Waals surface area (Å²) in [5, 5.41) is 0. The molecule has 2 N–H and O–H groups in total. The number of nitrogens with two attached hydrogens (primary N) is 1. The van der Waals surface area contributed by atoms with Gasteiger partial charge in [-0.15, -0.1) is 0 Å². The molecule has 0 amide bonds. The summed E-state index contributed by atoms with van der Waals surface area (Å²) in [5.41, 5.74) is 5.85. The molecule has 1 fully saturated rings. The maximum Gasteiger partial charge on any atom is 0.0362 e. The van der Waals surface area contributed by atoms with Crippen LogP contribution in [0.25, 0.3) is 0 Å². The van der Waals surface area contributed by atoms with Crippen molar-refractivity contribution < 1.29 is 4.21 Å². The fourth-order valence-corrected chi connectivity index (χ4v) is 2.68. The maximum absolute atomic E-state index is 11.3. The van der Waals surface area contributed by atoms with Crippen LogP contribution in [0.2, 0.25) is 0 Å².